The molecule has 0 spiro atoms. The van der Waals surface area contributed by atoms with Gasteiger partial charge in [0.2, 0.25) is 0 Å². The highest BCUT2D eigenvalue weighted by atomic mass is 35.5. The van der Waals surface area contributed by atoms with E-state index in [1.165, 1.54) is 19.3 Å². The molecule has 1 fully saturated rings. The number of benzene rings is 1. The monoisotopic (exact) mass is 285 g/mol. The summed E-state index contributed by atoms with van der Waals surface area (Å²) in [6.45, 7) is 3.09. The third-order valence-electron chi connectivity index (χ3n) is 3.35. The van der Waals surface area contributed by atoms with Crippen LogP contribution in [0.1, 0.15) is 36.0 Å². The highest BCUT2D eigenvalue weighted by Crippen LogP contribution is 2.23. The Kier molecular flexibility index (Phi) is 5.04. The fraction of sp³-hybridized carbons (Fsp3) is 0.500. The molecule has 1 aliphatic heterocycles. The quantitative estimate of drug-likeness (QED) is 0.778. The van der Waals surface area contributed by atoms with Crippen molar-refractivity contribution in [1.82, 2.24) is 4.90 Å². The van der Waals surface area contributed by atoms with Crippen molar-refractivity contribution in [1.29, 1.82) is 0 Å². The van der Waals surface area contributed by atoms with E-state index < -0.39 is 0 Å². The topological polar surface area (TPSA) is 20.3 Å². The number of likely N-dealkylation sites (tertiary alicyclic amines) is 1. The van der Waals surface area contributed by atoms with Crippen LogP contribution in [-0.4, -0.2) is 30.3 Å². The first-order valence-corrected chi connectivity index (χ1v) is 7.13. The van der Waals surface area contributed by atoms with Gasteiger partial charge >= 0.3 is 0 Å². The third kappa shape index (κ3) is 3.71. The van der Waals surface area contributed by atoms with Gasteiger partial charge in [-0.1, -0.05) is 29.6 Å². The number of nitrogens with zero attached hydrogens (tertiary/aromatic N) is 1. The summed E-state index contributed by atoms with van der Waals surface area (Å²) in [6.07, 6.45) is 4.37. The normalized spacial score (nSPS) is 16.8. The molecule has 0 aliphatic carbocycles. The van der Waals surface area contributed by atoms with Crippen molar-refractivity contribution >= 4 is 29.0 Å². The number of hydrogen-bond acceptors (Lipinski definition) is 2. The molecule has 0 bridgehead atoms. The van der Waals surface area contributed by atoms with Crippen LogP contribution in [-0.2, 0) is 0 Å². The van der Waals surface area contributed by atoms with Crippen LogP contribution >= 0.6 is 23.2 Å². The second kappa shape index (κ2) is 6.55. The van der Waals surface area contributed by atoms with Gasteiger partial charge in [0.1, 0.15) is 0 Å². The van der Waals surface area contributed by atoms with Crippen LogP contribution in [0.5, 0.6) is 0 Å². The van der Waals surface area contributed by atoms with E-state index in [1.54, 1.807) is 18.2 Å². The minimum Gasteiger partial charge on any atom is -0.303 e. The van der Waals surface area contributed by atoms with Crippen LogP contribution in [0.3, 0.4) is 0 Å². The van der Waals surface area contributed by atoms with E-state index in [9.17, 15) is 4.79 Å². The molecule has 1 aromatic rings. The number of rotatable bonds is 4. The van der Waals surface area contributed by atoms with Gasteiger partial charge in [-0.2, -0.15) is 0 Å². The molecule has 0 unspecified atom stereocenters. The van der Waals surface area contributed by atoms with Crippen molar-refractivity contribution in [2.45, 2.75) is 25.7 Å². The zero-order valence-corrected chi connectivity index (χ0v) is 11.8. The van der Waals surface area contributed by atoms with Crippen molar-refractivity contribution in [2.75, 3.05) is 19.6 Å². The SMILES string of the molecule is O=C(CCN1CCCCC1)c1ccc(Cl)c(Cl)c1. The zero-order chi connectivity index (χ0) is 13.0. The van der Waals surface area contributed by atoms with Gasteiger partial charge in [-0.15, -0.1) is 0 Å². The number of carbonyl (C=O) groups is 1. The molecule has 0 N–H and O–H groups in total. The first kappa shape index (κ1) is 13.9. The number of Topliss-reactive ketones (excluding diaryl/α,β-unsaturated/α-hetero) is 1. The fourth-order valence-corrected chi connectivity index (χ4v) is 2.55. The zero-order valence-electron chi connectivity index (χ0n) is 10.3. The van der Waals surface area contributed by atoms with E-state index in [2.05, 4.69) is 4.90 Å². The molecule has 4 heteroatoms. The van der Waals surface area contributed by atoms with Crippen LogP contribution < -0.4 is 0 Å². The Labute approximate surface area is 118 Å². The summed E-state index contributed by atoms with van der Waals surface area (Å²) < 4.78 is 0. The van der Waals surface area contributed by atoms with Gasteiger partial charge in [0.05, 0.1) is 10.0 Å². The lowest BCUT2D eigenvalue weighted by Gasteiger charge is -2.25. The number of halogens is 2. The molecule has 18 heavy (non-hydrogen) atoms. The lowest BCUT2D eigenvalue weighted by atomic mass is 10.1. The van der Waals surface area contributed by atoms with Gasteiger partial charge in [0, 0.05) is 18.5 Å². The summed E-state index contributed by atoms with van der Waals surface area (Å²) in [5, 5.41) is 0.935. The second-order valence-corrected chi connectivity index (χ2v) is 5.52. The third-order valence-corrected chi connectivity index (χ3v) is 4.08. The maximum absolute atomic E-state index is 12.0. The molecular weight excluding hydrogens is 269 g/mol. The van der Waals surface area contributed by atoms with E-state index in [4.69, 9.17) is 23.2 Å². The van der Waals surface area contributed by atoms with Crippen molar-refractivity contribution in [2.24, 2.45) is 0 Å². The molecule has 1 aliphatic rings. The molecule has 1 saturated heterocycles. The second-order valence-electron chi connectivity index (χ2n) is 4.70. The van der Waals surface area contributed by atoms with Gasteiger partial charge in [-0.25, -0.2) is 0 Å². The van der Waals surface area contributed by atoms with Crippen LogP contribution in [0.4, 0.5) is 0 Å². The van der Waals surface area contributed by atoms with Gasteiger partial charge in [0.15, 0.2) is 5.78 Å². The standard InChI is InChI=1S/C14H17Cl2NO/c15-12-5-4-11(10-13(12)16)14(18)6-9-17-7-2-1-3-8-17/h4-5,10H,1-3,6-9H2. The molecule has 0 aromatic heterocycles. The Morgan fingerprint density at radius 1 is 1.11 bits per heavy atom. The van der Waals surface area contributed by atoms with Crippen LogP contribution in [0.2, 0.25) is 10.0 Å². The summed E-state index contributed by atoms with van der Waals surface area (Å²) in [5.41, 5.74) is 0.654. The fourth-order valence-electron chi connectivity index (χ4n) is 2.26. The van der Waals surface area contributed by atoms with Gasteiger partial charge in [-0.05, 0) is 44.1 Å². The largest absolute Gasteiger partial charge is 0.303 e. The van der Waals surface area contributed by atoms with Gasteiger partial charge in [-0.3, -0.25) is 4.79 Å². The summed E-state index contributed by atoms with van der Waals surface area (Å²) in [7, 11) is 0. The van der Waals surface area contributed by atoms with Crippen molar-refractivity contribution in [3.05, 3.63) is 33.8 Å². The maximum atomic E-state index is 12.0. The van der Waals surface area contributed by atoms with Crippen LogP contribution in [0.15, 0.2) is 18.2 Å². The number of piperidine rings is 1. The predicted octanol–water partition coefficient (Wildman–Crippen LogP) is 4.05. The van der Waals surface area contributed by atoms with Crippen LogP contribution in [0.25, 0.3) is 0 Å². The number of ketones is 1. The van der Waals surface area contributed by atoms with E-state index >= 15 is 0 Å². The lowest BCUT2D eigenvalue weighted by Crippen LogP contribution is -2.31. The highest BCUT2D eigenvalue weighted by molar-refractivity contribution is 6.42. The Morgan fingerprint density at radius 3 is 2.50 bits per heavy atom. The van der Waals surface area contributed by atoms with Crippen molar-refractivity contribution in [3.8, 4) is 0 Å². The average molecular weight is 286 g/mol. The Morgan fingerprint density at radius 2 is 1.83 bits per heavy atom. The highest BCUT2D eigenvalue weighted by Gasteiger charge is 2.13. The first-order valence-electron chi connectivity index (χ1n) is 6.37. The average Bonchev–Trinajstić information content (AvgIpc) is 2.40. The Hall–Kier alpha value is -0.570. The molecular formula is C14H17Cl2NO. The molecule has 0 atom stereocenters. The van der Waals surface area contributed by atoms with Crippen LogP contribution in [0, 0.1) is 0 Å². The molecule has 2 rings (SSSR count). The summed E-state index contributed by atoms with van der Waals surface area (Å²) in [5.74, 6) is 0.138. The number of carbonyl (C=O) groups excluding carboxylic acids is 1. The van der Waals surface area contributed by atoms with E-state index in [-0.39, 0.29) is 5.78 Å². The van der Waals surface area contributed by atoms with Crippen molar-refractivity contribution < 1.29 is 4.79 Å². The predicted molar refractivity (Wildman–Crippen MR) is 75.7 cm³/mol. The molecule has 2 nitrogen and oxygen atoms in total. The van der Waals surface area contributed by atoms with Gasteiger partial charge in [0.25, 0.3) is 0 Å². The molecule has 0 saturated carbocycles. The molecule has 1 aromatic carbocycles. The Bertz CT molecular complexity index is 428. The number of hydrogen-bond donors (Lipinski definition) is 0. The minimum absolute atomic E-state index is 0.138. The smallest absolute Gasteiger partial charge is 0.164 e. The maximum Gasteiger partial charge on any atom is 0.164 e. The van der Waals surface area contributed by atoms with E-state index in [1.807, 2.05) is 0 Å². The van der Waals surface area contributed by atoms with E-state index in [0.717, 1.165) is 19.6 Å². The molecule has 1 heterocycles. The molecule has 0 radical (unpaired) electrons. The lowest BCUT2D eigenvalue weighted by molar-refractivity contribution is 0.0958. The molecule has 98 valence electrons. The summed E-state index contributed by atoms with van der Waals surface area (Å²) >= 11 is 11.7. The first-order chi connectivity index (χ1) is 8.66. The minimum atomic E-state index is 0.138. The Balaban J connectivity index is 1.88. The van der Waals surface area contributed by atoms with E-state index in [0.29, 0.717) is 22.0 Å². The van der Waals surface area contributed by atoms with Crippen molar-refractivity contribution in [3.63, 3.8) is 0 Å². The summed E-state index contributed by atoms with van der Waals surface area (Å²) in [4.78, 5) is 14.4. The molecule has 0 amide bonds. The summed E-state index contributed by atoms with van der Waals surface area (Å²) in [6, 6.07) is 5.08. The van der Waals surface area contributed by atoms with Gasteiger partial charge < -0.3 is 4.90 Å².